The minimum atomic E-state index is 0.372. The standard InChI is InChI=1S/C16H15ClN2O/c1-19-13-4-2-10(3-5-13)11-6-12-7-14(9-18)20-16(12)15(17)8-11/h2-8,19H,9,18H2,1H3. The Balaban J connectivity index is 2.10. The van der Waals surface area contributed by atoms with E-state index in [1.54, 1.807) is 0 Å². The molecule has 0 radical (unpaired) electrons. The molecule has 0 saturated carbocycles. The van der Waals surface area contributed by atoms with Crippen LogP contribution in [-0.2, 0) is 6.54 Å². The Morgan fingerprint density at radius 1 is 1.10 bits per heavy atom. The molecule has 3 nitrogen and oxygen atoms in total. The monoisotopic (exact) mass is 286 g/mol. The number of anilines is 1. The van der Waals surface area contributed by atoms with Crippen molar-refractivity contribution in [3.8, 4) is 11.1 Å². The molecule has 0 saturated heterocycles. The number of fused-ring (bicyclic) bond motifs is 1. The van der Waals surface area contributed by atoms with Crippen LogP contribution in [0.1, 0.15) is 5.76 Å². The Kier molecular flexibility index (Phi) is 3.38. The third-order valence-electron chi connectivity index (χ3n) is 3.33. The van der Waals surface area contributed by atoms with E-state index in [1.807, 2.05) is 31.3 Å². The fraction of sp³-hybridized carbons (Fsp3) is 0.125. The summed E-state index contributed by atoms with van der Waals surface area (Å²) in [5, 5.41) is 4.69. The highest BCUT2D eigenvalue weighted by Gasteiger charge is 2.09. The molecule has 0 spiro atoms. The van der Waals surface area contributed by atoms with Crippen molar-refractivity contribution in [3.63, 3.8) is 0 Å². The summed E-state index contributed by atoms with van der Waals surface area (Å²) in [6.45, 7) is 0.372. The summed E-state index contributed by atoms with van der Waals surface area (Å²) >= 11 is 6.29. The van der Waals surface area contributed by atoms with Crippen LogP contribution in [0.4, 0.5) is 5.69 Å². The summed E-state index contributed by atoms with van der Waals surface area (Å²) < 4.78 is 5.61. The largest absolute Gasteiger partial charge is 0.458 e. The van der Waals surface area contributed by atoms with Crippen molar-refractivity contribution in [2.75, 3.05) is 12.4 Å². The fourth-order valence-corrected chi connectivity index (χ4v) is 2.53. The molecule has 0 fully saturated rings. The number of furan rings is 1. The molecule has 2 aromatic carbocycles. The van der Waals surface area contributed by atoms with Crippen molar-refractivity contribution in [1.29, 1.82) is 0 Å². The minimum absolute atomic E-state index is 0.372. The average Bonchev–Trinajstić information content (AvgIpc) is 2.91. The lowest BCUT2D eigenvalue weighted by molar-refractivity contribution is 0.552. The third-order valence-corrected chi connectivity index (χ3v) is 3.61. The van der Waals surface area contributed by atoms with Gasteiger partial charge in [-0.1, -0.05) is 23.7 Å². The SMILES string of the molecule is CNc1ccc(-c2cc(Cl)c3oc(CN)cc3c2)cc1. The molecule has 20 heavy (non-hydrogen) atoms. The first kappa shape index (κ1) is 13.0. The van der Waals surface area contributed by atoms with E-state index in [0.717, 1.165) is 28.0 Å². The van der Waals surface area contributed by atoms with Crippen LogP contribution >= 0.6 is 11.6 Å². The lowest BCUT2D eigenvalue weighted by Crippen LogP contribution is -1.92. The van der Waals surface area contributed by atoms with Gasteiger partial charge in [-0.25, -0.2) is 0 Å². The first-order valence-corrected chi connectivity index (χ1v) is 6.79. The molecule has 0 amide bonds. The smallest absolute Gasteiger partial charge is 0.152 e. The minimum Gasteiger partial charge on any atom is -0.458 e. The van der Waals surface area contributed by atoms with Gasteiger partial charge < -0.3 is 15.5 Å². The van der Waals surface area contributed by atoms with Crippen LogP contribution in [0.3, 0.4) is 0 Å². The van der Waals surface area contributed by atoms with Crippen LogP contribution < -0.4 is 11.1 Å². The molecule has 0 aliphatic heterocycles. The van der Waals surface area contributed by atoms with E-state index in [0.29, 0.717) is 17.2 Å². The zero-order valence-electron chi connectivity index (χ0n) is 11.1. The molecular formula is C16H15ClN2O. The average molecular weight is 287 g/mol. The van der Waals surface area contributed by atoms with E-state index in [-0.39, 0.29) is 0 Å². The number of benzene rings is 2. The van der Waals surface area contributed by atoms with E-state index in [1.165, 1.54) is 0 Å². The molecule has 0 aliphatic carbocycles. The Morgan fingerprint density at radius 2 is 1.85 bits per heavy atom. The molecule has 0 unspecified atom stereocenters. The molecule has 4 heteroatoms. The topological polar surface area (TPSA) is 51.2 Å². The van der Waals surface area contributed by atoms with Crippen LogP contribution in [0.15, 0.2) is 46.9 Å². The normalized spacial score (nSPS) is 10.9. The zero-order chi connectivity index (χ0) is 14.1. The van der Waals surface area contributed by atoms with Gasteiger partial charge >= 0.3 is 0 Å². The highest BCUT2D eigenvalue weighted by atomic mass is 35.5. The summed E-state index contributed by atoms with van der Waals surface area (Å²) in [6.07, 6.45) is 0. The second-order valence-corrected chi connectivity index (χ2v) is 5.03. The van der Waals surface area contributed by atoms with Crippen LogP contribution in [0.2, 0.25) is 5.02 Å². The van der Waals surface area contributed by atoms with Gasteiger partial charge in [-0.2, -0.15) is 0 Å². The van der Waals surface area contributed by atoms with E-state index in [9.17, 15) is 0 Å². The molecule has 102 valence electrons. The van der Waals surface area contributed by atoms with Gasteiger partial charge in [-0.05, 0) is 41.5 Å². The van der Waals surface area contributed by atoms with E-state index >= 15 is 0 Å². The quantitative estimate of drug-likeness (QED) is 0.756. The van der Waals surface area contributed by atoms with Gasteiger partial charge in [0.1, 0.15) is 5.76 Å². The van der Waals surface area contributed by atoms with Crippen molar-refractivity contribution < 1.29 is 4.42 Å². The van der Waals surface area contributed by atoms with Gasteiger partial charge in [0.2, 0.25) is 0 Å². The van der Waals surface area contributed by atoms with Gasteiger partial charge in [-0.15, -0.1) is 0 Å². The van der Waals surface area contributed by atoms with Gasteiger partial charge in [-0.3, -0.25) is 0 Å². The van der Waals surface area contributed by atoms with E-state index < -0.39 is 0 Å². The number of nitrogens with two attached hydrogens (primary N) is 1. The van der Waals surface area contributed by atoms with Crippen molar-refractivity contribution in [3.05, 3.63) is 53.2 Å². The van der Waals surface area contributed by atoms with Gasteiger partial charge in [0.25, 0.3) is 0 Å². The zero-order valence-corrected chi connectivity index (χ0v) is 11.9. The third kappa shape index (κ3) is 2.26. The second kappa shape index (κ2) is 5.19. The van der Waals surface area contributed by atoms with E-state index in [4.69, 9.17) is 21.8 Å². The van der Waals surface area contributed by atoms with Crippen molar-refractivity contribution in [1.82, 2.24) is 0 Å². The predicted molar refractivity (Wildman–Crippen MR) is 84.1 cm³/mol. The van der Waals surface area contributed by atoms with Crippen LogP contribution in [-0.4, -0.2) is 7.05 Å². The maximum atomic E-state index is 6.29. The number of hydrogen-bond donors (Lipinski definition) is 2. The number of rotatable bonds is 3. The van der Waals surface area contributed by atoms with Crippen LogP contribution in [0, 0.1) is 0 Å². The summed E-state index contributed by atoms with van der Waals surface area (Å²) in [5.74, 6) is 0.740. The highest BCUT2D eigenvalue weighted by molar-refractivity contribution is 6.35. The lowest BCUT2D eigenvalue weighted by Gasteiger charge is -2.05. The highest BCUT2D eigenvalue weighted by Crippen LogP contribution is 2.33. The maximum Gasteiger partial charge on any atom is 0.152 e. The van der Waals surface area contributed by atoms with Crippen molar-refractivity contribution >= 4 is 28.3 Å². The lowest BCUT2D eigenvalue weighted by atomic mass is 10.0. The molecule has 3 rings (SSSR count). The molecule has 0 bridgehead atoms. The van der Waals surface area contributed by atoms with Crippen LogP contribution in [0.25, 0.3) is 22.1 Å². The molecule has 3 N–H and O–H groups in total. The first-order chi connectivity index (χ1) is 9.71. The molecule has 1 aromatic heterocycles. The van der Waals surface area contributed by atoms with Gasteiger partial charge in [0, 0.05) is 18.1 Å². The Bertz CT molecular complexity index is 747. The fourth-order valence-electron chi connectivity index (χ4n) is 2.26. The van der Waals surface area contributed by atoms with Crippen molar-refractivity contribution in [2.24, 2.45) is 5.73 Å². The molecule has 0 atom stereocenters. The summed E-state index contributed by atoms with van der Waals surface area (Å²) in [6, 6.07) is 14.1. The summed E-state index contributed by atoms with van der Waals surface area (Å²) in [4.78, 5) is 0. The Morgan fingerprint density at radius 3 is 2.50 bits per heavy atom. The molecule has 1 heterocycles. The Labute approximate surface area is 122 Å². The molecule has 3 aromatic rings. The molecular weight excluding hydrogens is 272 g/mol. The Hall–Kier alpha value is -1.97. The number of halogens is 1. The van der Waals surface area contributed by atoms with Crippen molar-refractivity contribution in [2.45, 2.75) is 6.54 Å². The molecule has 0 aliphatic rings. The number of nitrogens with one attached hydrogen (secondary N) is 1. The predicted octanol–water partition coefficient (Wildman–Crippen LogP) is 4.25. The van der Waals surface area contributed by atoms with Gasteiger partial charge in [0.05, 0.1) is 11.6 Å². The van der Waals surface area contributed by atoms with Gasteiger partial charge in [0.15, 0.2) is 5.58 Å². The maximum absolute atomic E-state index is 6.29. The summed E-state index contributed by atoms with van der Waals surface area (Å²) in [5.41, 5.74) is 9.55. The first-order valence-electron chi connectivity index (χ1n) is 6.41. The summed E-state index contributed by atoms with van der Waals surface area (Å²) in [7, 11) is 1.90. The number of hydrogen-bond acceptors (Lipinski definition) is 3. The van der Waals surface area contributed by atoms with E-state index in [2.05, 4.69) is 23.5 Å². The second-order valence-electron chi connectivity index (χ2n) is 4.62. The van der Waals surface area contributed by atoms with Crippen LogP contribution in [0.5, 0.6) is 0 Å².